The molecule has 1 aromatic carbocycles. The van der Waals surface area contributed by atoms with Gasteiger partial charge >= 0.3 is 0 Å². The quantitative estimate of drug-likeness (QED) is 0.762. The molecule has 2 unspecified atom stereocenters. The summed E-state index contributed by atoms with van der Waals surface area (Å²) in [6.07, 6.45) is 6.57. The lowest BCUT2D eigenvalue weighted by Crippen LogP contribution is -2.23. The second-order valence-corrected chi connectivity index (χ2v) is 7.22. The zero-order chi connectivity index (χ0) is 14.5. The van der Waals surface area contributed by atoms with Crippen molar-refractivity contribution in [1.82, 2.24) is 0 Å². The Morgan fingerprint density at radius 3 is 2.60 bits per heavy atom. The van der Waals surface area contributed by atoms with Gasteiger partial charge < -0.3 is 11.5 Å². The van der Waals surface area contributed by atoms with Gasteiger partial charge in [0, 0.05) is 16.8 Å². The number of benzene rings is 1. The molecule has 0 bridgehead atoms. The Balaban J connectivity index is 2.15. The number of anilines is 1. The second kappa shape index (κ2) is 4.15. The van der Waals surface area contributed by atoms with Crippen LogP contribution in [0.4, 0.5) is 5.69 Å². The molecule has 4 N–H and O–H groups in total. The van der Waals surface area contributed by atoms with Crippen LogP contribution in [0.25, 0.3) is 0 Å². The third kappa shape index (κ3) is 1.86. The SMILES string of the molecule is CC1(c2cccc(N)c2)CC(C)(C)C2CC=C(N)C=C21. The standard InChI is InChI=1S/C18H24N2/c1-17(2)11-18(3,12-5-4-6-13(19)9-12)16-10-14(20)7-8-15(16)17/h4-7,9-10,15H,8,11,19-20H2,1-3H3. The highest BCUT2D eigenvalue weighted by molar-refractivity contribution is 5.51. The molecule has 106 valence electrons. The third-order valence-corrected chi connectivity index (χ3v) is 5.20. The predicted molar refractivity (Wildman–Crippen MR) is 85.1 cm³/mol. The van der Waals surface area contributed by atoms with Crippen molar-refractivity contribution in [2.45, 2.75) is 39.0 Å². The molecule has 20 heavy (non-hydrogen) atoms. The van der Waals surface area contributed by atoms with Crippen molar-refractivity contribution in [1.29, 1.82) is 0 Å². The number of fused-ring (bicyclic) bond motifs is 1. The van der Waals surface area contributed by atoms with Crippen LogP contribution in [0.2, 0.25) is 0 Å². The van der Waals surface area contributed by atoms with E-state index in [2.05, 4.69) is 51.1 Å². The van der Waals surface area contributed by atoms with Crippen LogP contribution in [0.3, 0.4) is 0 Å². The molecule has 2 aliphatic carbocycles. The van der Waals surface area contributed by atoms with Crippen LogP contribution in [0.5, 0.6) is 0 Å². The first-order chi connectivity index (χ1) is 9.33. The fourth-order valence-corrected chi connectivity index (χ4v) is 4.29. The molecule has 2 nitrogen and oxygen atoms in total. The van der Waals surface area contributed by atoms with E-state index in [0.29, 0.717) is 11.3 Å². The van der Waals surface area contributed by atoms with Crippen molar-refractivity contribution in [3.8, 4) is 0 Å². The minimum Gasteiger partial charge on any atom is -0.399 e. The first kappa shape index (κ1) is 13.3. The van der Waals surface area contributed by atoms with E-state index in [-0.39, 0.29) is 5.41 Å². The Labute approximate surface area is 121 Å². The fourth-order valence-electron chi connectivity index (χ4n) is 4.29. The van der Waals surface area contributed by atoms with Crippen molar-refractivity contribution in [3.63, 3.8) is 0 Å². The van der Waals surface area contributed by atoms with Gasteiger partial charge in [-0.2, -0.15) is 0 Å². The van der Waals surface area contributed by atoms with Crippen LogP contribution in [-0.2, 0) is 5.41 Å². The second-order valence-electron chi connectivity index (χ2n) is 7.22. The number of nitrogens with two attached hydrogens (primary N) is 2. The van der Waals surface area contributed by atoms with Gasteiger partial charge in [-0.25, -0.2) is 0 Å². The molecule has 2 aliphatic rings. The summed E-state index contributed by atoms with van der Waals surface area (Å²) in [5.74, 6) is 0.584. The molecule has 0 saturated heterocycles. The maximum absolute atomic E-state index is 6.07. The van der Waals surface area contributed by atoms with E-state index in [1.807, 2.05) is 6.07 Å². The van der Waals surface area contributed by atoms with Crippen molar-refractivity contribution in [2.24, 2.45) is 17.1 Å². The molecule has 2 heteroatoms. The highest BCUT2D eigenvalue weighted by Crippen LogP contribution is 2.59. The zero-order valence-corrected chi connectivity index (χ0v) is 12.6. The average molecular weight is 268 g/mol. The van der Waals surface area contributed by atoms with Gasteiger partial charge in [0.1, 0.15) is 0 Å². The van der Waals surface area contributed by atoms with Gasteiger partial charge in [-0.15, -0.1) is 0 Å². The Hall–Kier alpha value is -1.70. The summed E-state index contributed by atoms with van der Waals surface area (Å²) in [5.41, 5.74) is 16.9. The van der Waals surface area contributed by atoms with E-state index < -0.39 is 0 Å². The van der Waals surface area contributed by atoms with Gasteiger partial charge in [0.2, 0.25) is 0 Å². The molecule has 1 aromatic rings. The summed E-state index contributed by atoms with van der Waals surface area (Å²) < 4.78 is 0. The highest BCUT2D eigenvalue weighted by atomic mass is 14.6. The van der Waals surface area contributed by atoms with Crippen molar-refractivity contribution in [3.05, 3.63) is 53.3 Å². The monoisotopic (exact) mass is 268 g/mol. The molecule has 2 atom stereocenters. The lowest BCUT2D eigenvalue weighted by molar-refractivity contribution is 0.269. The number of hydrogen-bond acceptors (Lipinski definition) is 2. The molecule has 0 amide bonds. The minimum absolute atomic E-state index is 0.0441. The number of hydrogen-bond donors (Lipinski definition) is 2. The molecule has 1 saturated carbocycles. The van der Waals surface area contributed by atoms with Crippen LogP contribution in [-0.4, -0.2) is 0 Å². The maximum Gasteiger partial charge on any atom is 0.0317 e. The number of nitrogen functional groups attached to an aromatic ring is 1. The predicted octanol–water partition coefficient (Wildman–Crippen LogP) is 3.75. The van der Waals surface area contributed by atoms with Crippen LogP contribution in [0.15, 0.2) is 47.7 Å². The summed E-state index contributed by atoms with van der Waals surface area (Å²) >= 11 is 0. The van der Waals surface area contributed by atoms with E-state index in [0.717, 1.165) is 24.2 Å². The lowest BCUT2D eigenvalue weighted by Gasteiger charge is -2.30. The van der Waals surface area contributed by atoms with Gasteiger partial charge in [-0.1, -0.05) is 44.6 Å². The molecule has 0 aliphatic heterocycles. The van der Waals surface area contributed by atoms with Crippen LogP contribution in [0.1, 0.15) is 39.2 Å². The molecule has 0 heterocycles. The van der Waals surface area contributed by atoms with Gasteiger partial charge in [-0.3, -0.25) is 0 Å². The smallest absolute Gasteiger partial charge is 0.0317 e. The fraction of sp³-hybridized carbons (Fsp3) is 0.444. The highest BCUT2D eigenvalue weighted by Gasteiger charge is 2.51. The normalized spacial score (nSPS) is 31.4. The molecule has 3 rings (SSSR count). The summed E-state index contributed by atoms with van der Waals surface area (Å²) in [4.78, 5) is 0. The molecule has 0 radical (unpaired) electrons. The van der Waals surface area contributed by atoms with Crippen LogP contribution < -0.4 is 11.5 Å². The van der Waals surface area contributed by atoms with E-state index in [4.69, 9.17) is 11.5 Å². The molecule has 0 spiro atoms. The van der Waals surface area contributed by atoms with Crippen molar-refractivity contribution in [2.75, 3.05) is 5.73 Å². The lowest BCUT2D eigenvalue weighted by atomic mass is 9.74. The molecule has 1 fully saturated rings. The van der Waals surface area contributed by atoms with Gasteiger partial charge in [0.25, 0.3) is 0 Å². The summed E-state index contributed by atoms with van der Waals surface area (Å²) in [6.45, 7) is 7.09. The van der Waals surface area contributed by atoms with Gasteiger partial charge in [-0.05, 0) is 47.9 Å². The largest absolute Gasteiger partial charge is 0.399 e. The summed E-state index contributed by atoms with van der Waals surface area (Å²) in [7, 11) is 0. The number of allylic oxidation sites excluding steroid dienone is 3. The minimum atomic E-state index is 0.0441. The van der Waals surface area contributed by atoms with Crippen LogP contribution >= 0.6 is 0 Å². The van der Waals surface area contributed by atoms with Crippen molar-refractivity contribution >= 4 is 5.69 Å². The van der Waals surface area contributed by atoms with Gasteiger partial charge in [0.15, 0.2) is 0 Å². The Morgan fingerprint density at radius 2 is 1.90 bits per heavy atom. The molecular formula is C18H24N2. The Kier molecular flexibility index (Phi) is 2.75. The van der Waals surface area contributed by atoms with E-state index in [1.165, 1.54) is 11.1 Å². The van der Waals surface area contributed by atoms with E-state index in [1.54, 1.807) is 0 Å². The average Bonchev–Trinajstić information content (AvgIpc) is 2.57. The van der Waals surface area contributed by atoms with Gasteiger partial charge in [0.05, 0.1) is 0 Å². The number of rotatable bonds is 1. The van der Waals surface area contributed by atoms with E-state index >= 15 is 0 Å². The topological polar surface area (TPSA) is 52.0 Å². The summed E-state index contributed by atoms with van der Waals surface area (Å²) in [5, 5.41) is 0. The van der Waals surface area contributed by atoms with Crippen LogP contribution in [0, 0.1) is 11.3 Å². The third-order valence-electron chi connectivity index (χ3n) is 5.20. The summed E-state index contributed by atoms with van der Waals surface area (Å²) in [6, 6.07) is 8.32. The Bertz CT molecular complexity index is 610. The van der Waals surface area contributed by atoms with E-state index in [9.17, 15) is 0 Å². The first-order valence-electron chi connectivity index (χ1n) is 7.37. The maximum atomic E-state index is 6.07. The van der Waals surface area contributed by atoms with Crippen molar-refractivity contribution < 1.29 is 0 Å². The zero-order valence-electron chi connectivity index (χ0n) is 12.6. The molecular weight excluding hydrogens is 244 g/mol. The Morgan fingerprint density at radius 1 is 1.15 bits per heavy atom. The molecule has 0 aromatic heterocycles. The first-order valence-corrected chi connectivity index (χ1v) is 7.37.